The average Bonchev–Trinajstić information content (AvgIpc) is 2.48. The van der Waals surface area contributed by atoms with Gasteiger partial charge in [-0.3, -0.25) is 4.99 Å². The standard InChI is InChI=1S/C9H9N.C2H6/c1-7-6-8-4-2-3-5-9(8)10-7;1-2/h2-5H,6H2,1H3;1-2H3. The van der Waals surface area contributed by atoms with Crippen LogP contribution in [0, 0.1) is 0 Å². The molecular formula is C11H15N. The van der Waals surface area contributed by atoms with Crippen molar-refractivity contribution in [3.8, 4) is 0 Å². The van der Waals surface area contributed by atoms with Crippen LogP contribution in [0.25, 0.3) is 0 Å². The van der Waals surface area contributed by atoms with Gasteiger partial charge < -0.3 is 0 Å². The highest BCUT2D eigenvalue weighted by atomic mass is 14.8. The molecule has 0 radical (unpaired) electrons. The third kappa shape index (κ3) is 1.73. The van der Waals surface area contributed by atoms with E-state index in [1.165, 1.54) is 11.3 Å². The molecule has 0 unspecified atom stereocenters. The molecule has 1 aromatic carbocycles. The van der Waals surface area contributed by atoms with Crippen molar-refractivity contribution < 1.29 is 0 Å². The maximum absolute atomic E-state index is 4.37. The zero-order valence-electron chi connectivity index (χ0n) is 7.96. The SMILES string of the molecule is CC.CC1=Nc2ccccc2C1. The van der Waals surface area contributed by atoms with E-state index in [-0.39, 0.29) is 0 Å². The van der Waals surface area contributed by atoms with Gasteiger partial charge in [0.15, 0.2) is 0 Å². The highest BCUT2D eigenvalue weighted by Gasteiger charge is 2.08. The summed E-state index contributed by atoms with van der Waals surface area (Å²) in [5, 5.41) is 0. The minimum Gasteiger partial charge on any atom is -0.257 e. The summed E-state index contributed by atoms with van der Waals surface area (Å²) in [6.45, 7) is 6.07. The summed E-state index contributed by atoms with van der Waals surface area (Å²) in [7, 11) is 0. The summed E-state index contributed by atoms with van der Waals surface area (Å²) in [6.07, 6.45) is 1.04. The highest BCUT2D eigenvalue weighted by Crippen LogP contribution is 2.25. The minimum atomic E-state index is 1.04. The largest absolute Gasteiger partial charge is 0.257 e. The van der Waals surface area contributed by atoms with Crippen molar-refractivity contribution in [2.45, 2.75) is 27.2 Å². The van der Waals surface area contributed by atoms with Crippen molar-refractivity contribution in [1.29, 1.82) is 0 Å². The molecule has 0 saturated heterocycles. The first-order valence-corrected chi connectivity index (χ1v) is 4.48. The summed E-state index contributed by atoms with van der Waals surface area (Å²) in [6, 6.07) is 8.29. The van der Waals surface area contributed by atoms with Gasteiger partial charge in [0.05, 0.1) is 5.69 Å². The van der Waals surface area contributed by atoms with Crippen molar-refractivity contribution in [2.24, 2.45) is 4.99 Å². The first kappa shape index (κ1) is 8.98. The Labute approximate surface area is 74.2 Å². The Morgan fingerprint density at radius 3 is 2.50 bits per heavy atom. The summed E-state index contributed by atoms with van der Waals surface area (Å²) < 4.78 is 0. The number of fused-ring (bicyclic) bond motifs is 1. The van der Waals surface area contributed by atoms with Gasteiger partial charge in [-0.2, -0.15) is 0 Å². The van der Waals surface area contributed by atoms with Crippen LogP contribution >= 0.6 is 0 Å². The molecular weight excluding hydrogens is 146 g/mol. The van der Waals surface area contributed by atoms with E-state index in [2.05, 4.69) is 30.1 Å². The molecule has 0 saturated carbocycles. The molecule has 1 aromatic rings. The molecule has 0 bridgehead atoms. The predicted molar refractivity (Wildman–Crippen MR) is 54.3 cm³/mol. The Kier molecular flexibility index (Phi) is 3.03. The molecule has 12 heavy (non-hydrogen) atoms. The molecule has 1 nitrogen and oxygen atoms in total. The van der Waals surface area contributed by atoms with Crippen LogP contribution in [0.4, 0.5) is 5.69 Å². The molecule has 64 valence electrons. The predicted octanol–water partition coefficient (Wildman–Crippen LogP) is 3.36. The topological polar surface area (TPSA) is 12.4 Å². The molecule has 1 heterocycles. The first-order valence-electron chi connectivity index (χ1n) is 4.48. The van der Waals surface area contributed by atoms with Crippen molar-refractivity contribution in [2.75, 3.05) is 0 Å². The molecule has 2 rings (SSSR count). The lowest BCUT2D eigenvalue weighted by atomic mass is 10.1. The van der Waals surface area contributed by atoms with Gasteiger partial charge in [0, 0.05) is 12.1 Å². The zero-order valence-corrected chi connectivity index (χ0v) is 7.96. The van der Waals surface area contributed by atoms with Crippen LogP contribution in [-0.4, -0.2) is 5.71 Å². The fourth-order valence-corrected chi connectivity index (χ4v) is 1.29. The number of hydrogen-bond donors (Lipinski definition) is 0. The van der Waals surface area contributed by atoms with Crippen LogP contribution in [0.3, 0.4) is 0 Å². The fraction of sp³-hybridized carbons (Fsp3) is 0.364. The lowest BCUT2D eigenvalue weighted by molar-refractivity contribution is 1.39. The van der Waals surface area contributed by atoms with Gasteiger partial charge in [-0.05, 0) is 18.6 Å². The Morgan fingerprint density at radius 1 is 1.17 bits per heavy atom. The van der Waals surface area contributed by atoms with Crippen LogP contribution in [-0.2, 0) is 6.42 Å². The van der Waals surface area contributed by atoms with Crippen LogP contribution < -0.4 is 0 Å². The number of benzene rings is 1. The lowest BCUT2D eigenvalue weighted by Gasteiger charge is -1.91. The maximum Gasteiger partial charge on any atom is 0.0664 e. The van der Waals surface area contributed by atoms with Crippen molar-refractivity contribution in [1.82, 2.24) is 0 Å². The molecule has 0 aliphatic carbocycles. The molecule has 1 aliphatic heterocycles. The van der Waals surface area contributed by atoms with Crippen LogP contribution in [0.5, 0.6) is 0 Å². The van der Waals surface area contributed by atoms with E-state index >= 15 is 0 Å². The van der Waals surface area contributed by atoms with Crippen LogP contribution in [0.2, 0.25) is 0 Å². The summed E-state index contributed by atoms with van der Waals surface area (Å²) in [5.74, 6) is 0. The van der Waals surface area contributed by atoms with Crippen LogP contribution in [0.15, 0.2) is 29.3 Å². The number of para-hydroxylation sites is 1. The quantitative estimate of drug-likeness (QED) is 0.553. The Bertz CT molecular complexity index is 287. The van der Waals surface area contributed by atoms with E-state index in [4.69, 9.17) is 0 Å². The molecule has 0 amide bonds. The van der Waals surface area contributed by atoms with Gasteiger partial charge in [-0.15, -0.1) is 0 Å². The summed E-state index contributed by atoms with van der Waals surface area (Å²) >= 11 is 0. The number of rotatable bonds is 0. The molecule has 0 fully saturated rings. The second-order valence-corrected chi connectivity index (χ2v) is 2.65. The summed E-state index contributed by atoms with van der Waals surface area (Å²) in [4.78, 5) is 4.37. The fourth-order valence-electron chi connectivity index (χ4n) is 1.29. The number of hydrogen-bond acceptors (Lipinski definition) is 1. The van der Waals surface area contributed by atoms with Gasteiger partial charge in [-0.1, -0.05) is 32.0 Å². The smallest absolute Gasteiger partial charge is 0.0664 e. The van der Waals surface area contributed by atoms with Gasteiger partial charge in [0.1, 0.15) is 0 Å². The van der Waals surface area contributed by atoms with E-state index in [0.29, 0.717) is 0 Å². The minimum absolute atomic E-state index is 1.04. The highest BCUT2D eigenvalue weighted by molar-refractivity contribution is 5.91. The van der Waals surface area contributed by atoms with E-state index in [0.717, 1.165) is 12.1 Å². The third-order valence-corrected chi connectivity index (χ3v) is 1.75. The number of nitrogens with zero attached hydrogens (tertiary/aromatic N) is 1. The van der Waals surface area contributed by atoms with Crippen molar-refractivity contribution >= 4 is 11.4 Å². The summed E-state index contributed by atoms with van der Waals surface area (Å²) in [5.41, 5.74) is 3.74. The number of aliphatic imine (C=N–C) groups is 1. The van der Waals surface area contributed by atoms with E-state index in [1.807, 2.05) is 19.9 Å². The Hall–Kier alpha value is -1.11. The zero-order chi connectivity index (χ0) is 8.97. The van der Waals surface area contributed by atoms with Gasteiger partial charge in [-0.25, -0.2) is 0 Å². The average molecular weight is 161 g/mol. The molecule has 0 aromatic heterocycles. The molecule has 0 N–H and O–H groups in total. The van der Waals surface area contributed by atoms with Gasteiger partial charge in [0.25, 0.3) is 0 Å². The maximum atomic E-state index is 4.37. The normalized spacial score (nSPS) is 12.8. The molecule has 0 atom stereocenters. The Morgan fingerprint density at radius 2 is 1.83 bits per heavy atom. The molecule has 1 heteroatoms. The second kappa shape index (κ2) is 4.05. The lowest BCUT2D eigenvalue weighted by Crippen LogP contribution is -1.87. The molecule has 1 aliphatic rings. The van der Waals surface area contributed by atoms with E-state index in [9.17, 15) is 0 Å². The van der Waals surface area contributed by atoms with Crippen molar-refractivity contribution in [3.63, 3.8) is 0 Å². The van der Waals surface area contributed by atoms with Crippen molar-refractivity contribution in [3.05, 3.63) is 29.8 Å². The van der Waals surface area contributed by atoms with Crippen LogP contribution in [0.1, 0.15) is 26.3 Å². The Balaban J connectivity index is 0.000000336. The first-order chi connectivity index (χ1) is 5.86. The second-order valence-electron chi connectivity index (χ2n) is 2.65. The van der Waals surface area contributed by atoms with E-state index in [1.54, 1.807) is 0 Å². The van der Waals surface area contributed by atoms with Gasteiger partial charge >= 0.3 is 0 Å². The van der Waals surface area contributed by atoms with Gasteiger partial charge in [0.2, 0.25) is 0 Å². The van der Waals surface area contributed by atoms with E-state index < -0.39 is 0 Å². The third-order valence-electron chi connectivity index (χ3n) is 1.75. The monoisotopic (exact) mass is 161 g/mol. The molecule has 0 spiro atoms.